The highest BCUT2D eigenvalue weighted by atomic mass is 15.3. The van der Waals surface area contributed by atoms with Crippen LogP contribution in [0.15, 0.2) is 30.3 Å². The van der Waals surface area contributed by atoms with E-state index in [1.165, 1.54) is 12.8 Å². The number of nitrogens with zero attached hydrogens (tertiary/aromatic N) is 4. The first kappa shape index (κ1) is 13.4. The Morgan fingerprint density at radius 1 is 1.14 bits per heavy atom. The second-order valence-electron chi connectivity index (χ2n) is 5.20. The summed E-state index contributed by atoms with van der Waals surface area (Å²) in [6, 6.07) is 11.4. The lowest BCUT2D eigenvalue weighted by atomic mass is 10.2. The molecule has 5 heteroatoms. The van der Waals surface area contributed by atoms with Crippen molar-refractivity contribution in [1.29, 1.82) is 5.26 Å². The number of hydrogen-bond donors (Lipinski definition) is 1. The predicted octanol–water partition coefficient (Wildman–Crippen LogP) is 3.00. The van der Waals surface area contributed by atoms with Gasteiger partial charge >= 0.3 is 0 Å². The van der Waals surface area contributed by atoms with E-state index in [2.05, 4.69) is 26.3 Å². The molecule has 0 amide bonds. The molecule has 1 aromatic heterocycles. The van der Waals surface area contributed by atoms with Crippen molar-refractivity contribution < 1.29 is 0 Å². The molecule has 0 bridgehead atoms. The van der Waals surface area contributed by atoms with Crippen molar-refractivity contribution in [3.63, 3.8) is 0 Å². The van der Waals surface area contributed by atoms with Crippen LogP contribution in [0, 0.1) is 18.3 Å². The quantitative estimate of drug-likeness (QED) is 0.935. The fourth-order valence-electron chi connectivity index (χ4n) is 2.45. The summed E-state index contributed by atoms with van der Waals surface area (Å²) < 4.78 is 0. The van der Waals surface area contributed by atoms with Gasteiger partial charge in [-0.1, -0.05) is 0 Å². The van der Waals surface area contributed by atoms with Gasteiger partial charge in [0.25, 0.3) is 0 Å². The molecule has 5 nitrogen and oxygen atoms in total. The van der Waals surface area contributed by atoms with Crippen LogP contribution in [0.4, 0.5) is 17.5 Å². The van der Waals surface area contributed by atoms with Crippen molar-refractivity contribution in [2.75, 3.05) is 23.3 Å². The topological polar surface area (TPSA) is 64.8 Å². The molecule has 1 aromatic carbocycles. The summed E-state index contributed by atoms with van der Waals surface area (Å²) in [4.78, 5) is 11.3. The first-order valence-corrected chi connectivity index (χ1v) is 7.12. The lowest BCUT2D eigenvalue weighted by Crippen LogP contribution is -2.21. The predicted molar refractivity (Wildman–Crippen MR) is 82.7 cm³/mol. The summed E-state index contributed by atoms with van der Waals surface area (Å²) in [7, 11) is 0. The number of aromatic nitrogens is 2. The average Bonchev–Trinajstić information content (AvgIpc) is 3.02. The third kappa shape index (κ3) is 3.11. The van der Waals surface area contributed by atoms with Crippen molar-refractivity contribution in [3.05, 3.63) is 41.6 Å². The zero-order valence-electron chi connectivity index (χ0n) is 12.0. The molecular weight excluding hydrogens is 262 g/mol. The highest BCUT2D eigenvalue weighted by molar-refractivity contribution is 5.58. The third-order valence-corrected chi connectivity index (χ3v) is 3.52. The molecule has 0 aliphatic carbocycles. The fraction of sp³-hybridized carbons (Fsp3) is 0.312. The SMILES string of the molecule is Cc1cc(Nc2ccc(C#N)cc2)nc(N2CCCC2)n1. The summed E-state index contributed by atoms with van der Waals surface area (Å²) in [5, 5.41) is 12.1. The van der Waals surface area contributed by atoms with Gasteiger partial charge in [0, 0.05) is 30.5 Å². The van der Waals surface area contributed by atoms with Gasteiger partial charge in [0.15, 0.2) is 0 Å². The summed E-state index contributed by atoms with van der Waals surface area (Å²) in [6.45, 7) is 4.03. The largest absolute Gasteiger partial charge is 0.341 e. The molecule has 0 spiro atoms. The number of anilines is 3. The molecule has 1 aliphatic rings. The normalized spacial score (nSPS) is 14.0. The van der Waals surface area contributed by atoms with Crippen molar-refractivity contribution in [1.82, 2.24) is 9.97 Å². The van der Waals surface area contributed by atoms with Crippen LogP contribution in [0.2, 0.25) is 0 Å². The Kier molecular flexibility index (Phi) is 3.69. The molecule has 0 radical (unpaired) electrons. The van der Waals surface area contributed by atoms with Crippen LogP contribution in [0.1, 0.15) is 24.1 Å². The Morgan fingerprint density at radius 2 is 1.86 bits per heavy atom. The smallest absolute Gasteiger partial charge is 0.227 e. The summed E-state index contributed by atoms with van der Waals surface area (Å²) in [5.74, 6) is 1.58. The number of rotatable bonds is 3. The second kappa shape index (κ2) is 5.80. The Hall–Kier alpha value is -2.61. The van der Waals surface area contributed by atoms with Gasteiger partial charge in [-0.3, -0.25) is 0 Å². The van der Waals surface area contributed by atoms with E-state index in [4.69, 9.17) is 5.26 Å². The summed E-state index contributed by atoms with van der Waals surface area (Å²) in [6.07, 6.45) is 2.41. The van der Waals surface area contributed by atoms with Gasteiger partial charge in [-0.05, 0) is 44.0 Å². The van der Waals surface area contributed by atoms with Crippen LogP contribution in [-0.4, -0.2) is 23.1 Å². The lowest BCUT2D eigenvalue weighted by Gasteiger charge is -2.17. The number of benzene rings is 1. The number of aryl methyl sites for hydroxylation is 1. The standard InChI is InChI=1S/C16H17N5/c1-12-10-15(19-14-6-4-13(11-17)5-7-14)20-16(18-12)21-8-2-3-9-21/h4-7,10H,2-3,8-9H2,1H3,(H,18,19,20). The van der Waals surface area contributed by atoms with Gasteiger partial charge in [0.2, 0.25) is 5.95 Å². The van der Waals surface area contributed by atoms with Gasteiger partial charge in [-0.25, -0.2) is 4.98 Å². The number of hydrogen-bond acceptors (Lipinski definition) is 5. The van der Waals surface area contributed by atoms with Crippen LogP contribution in [-0.2, 0) is 0 Å². The molecule has 106 valence electrons. The molecule has 3 rings (SSSR count). The maximum atomic E-state index is 8.82. The zero-order valence-corrected chi connectivity index (χ0v) is 12.0. The second-order valence-corrected chi connectivity index (χ2v) is 5.20. The number of nitriles is 1. The van der Waals surface area contributed by atoms with Gasteiger partial charge in [0.05, 0.1) is 11.6 Å². The summed E-state index contributed by atoms with van der Waals surface area (Å²) in [5.41, 5.74) is 2.51. The minimum atomic E-state index is 0.650. The Morgan fingerprint density at radius 3 is 2.52 bits per heavy atom. The zero-order chi connectivity index (χ0) is 14.7. The van der Waals surface area contributed by atoms with Crippen molar-refractivity contribution in [2.45, 2.75) is 19.8 Å². The van der Waals surface area contributed by atoms with E-state index in [9.17, 15) is 0 Å². The maximum absolute atomic E-state index is 8.82. The van der Waals surface area contributed by atoms with Crippen LogP contribution >= 0.6 is 0 Å². The Balaban J connectivity index is 1.82. The maximum Gasteiger partial charge on any atom is 0.227 e. The van der Waals surface area contributed by atoms with E-state index in [0.29, 0.717) is 5.56 Å². The van der Waals surface area contributed by atoms with Crippen LogP contribution in [0.5, 0.6) is 0 Å². The molecular formula is C16H17N5. The third-order valence-electron chi connectivity index (χ3n) is 3.52. The highest BCUT2D eigenvalue weighted by Crippen LogP contribution is 2.21. The monoisotopic (exact) mass is 279 g/mol. The molecule has 1 saturated heterocycles. The van der Waals surface area contributed by atoms with E-state index in [1.54, 1.807) is 12.1 Å². The lowest BCUT2D eigenvalue weighted by molar-refractivity contribution is 0.891. The minimum absolute atomic E-state index is 0.650. The van der Waals surface area contributed by atoms with E-state index < -0.39 is 0 Å². The average molecular weight is 279 g/mol. The van der Waals surface area contributed by atoms with E-state index in [-0.39, 0.29) is 0 Å². The van der Waals surface area contributed by atoms with Gasteiger partial charge in [-0.15, -0.1) is 0 Å². The van der Waals surface area contributed by atoms with Crippen LogP contribution in [0.3, 0.4) is 0 Å². The summed E-state index contributed by atoms with van der Waals surface area (Å²) >= 11 is 0. The molecule has 1 aliphatic heterocycles. The first-order chi connectivity index (χ1) is 10.2. The first-order valence-electron chi connectivity index (χ1n) is 7.12. The molecule has 1 fully saturated rings. The molecule has 0 saturated carbocycles. The fourth-order valence-corrected chi connectivity index (χ4v) is 2.45. The van der Waals surface area contributed by atoms with Crippen molar-refractivity contribution in [3.8, 4) is 6.07 Å². The molecule has 2 aromatic rings. The molecule has 0 unspecified atom stereocenters. The van der Waals surface area contributed by atoms with Crippen molar-refractivity contribution >= 4 is 17.5 Å². The minimum Gasteiger partial charge on any atom is -0.341 e. The van der Waals surface area contributed by atoms with Crippen LogP contribution < -0.4 is 10.2 Å². The van der Waals surface area contributed by atoms with E-state index in [0.717, 1.165) is 36.2 Å². The highest BCUT2D eigenvalue weighted by Gasteiger charge is 2.15. The molecule has 0 atom stereocenters. The molecule has 1 N–H and O–H groups in total. The Labute approximate surface area is 124 Å². The van der Waals surface area contributed by atoms with Crippen molar-refractivity contribution in [2.24, 2.45) is 0 Å². The van der Waals surface area contributed by atoms with Gasteiger partial charge < -0.3 is 10.2 Å². The van der Waals surface area contributed by atoms with E-state index in [1.807, 2.05) is 25.1 Å². The molecule has 21 heavy (non-hydrogen) atoms. The van der Waals surface area contributed by atoms with Gasteiger partial charge in [-0.2, -0.15) is 10.2 Å². The Bertz CT molecular complexity index is 666. The van der Waals surface area contributed by atoms with E-state index >= 15 is 0 Å². The van der Waals surface area contributed by atoms with Gasteiger partial charge in [0.1, 0.15) is 5.82 Å². The number of nitrogens with one attached hydrogen (secondary N) is 1. The molecule has 2 heterocycles. The van der Waals surface area contributed by atoms with Crippen LogP contribution in [0.25, 0.3) is 0 Å².